The number of ether oxygens (including phenoxy) is 2. The molecular formula is C19H21N3O5S2. The zero-order valence-corrected chi connectivity index (χ0v) is 18.2. The molecule has 0 aliphatic rings. The fourth-order valence-corrected chi connectivity index (χ4v) is 4.76. The van der Waals surface area contributed by atoms with Gasteiger partial charge in [0, 0.05) is 17.7 Å². The standard InChI is InChI=1S/C19H21N3O5S2/c1-10-6-12(7-17(11(10)2)29(24,25)20-3)18(23)22-19-21-13-8-14(26-4)15(27-5)9-16(13)28-19/h6-9,20H,1-5H3,(H,21,22,23). The molecule has 10 heteroatoms. The number of fused-ring (bicyclic) bond motifs is 1. The van der Waals surface area contributed by atoms with E-state index in [1.54, 1.807) is 39.2 Å². The molecule has 1 amide bonds. The third-order valence-electron chi connectivity index (χ3n) is 4.55. The van der Waals surface area contributed by atoms with Gasteiger partial charge in [0.2, 0.25) is 10.0 Å². The van der Waals surface area contributed by atoms with E-state index >= 15 is 0 Å². The molecule has 29 heavy (non-hydrogen) atoms. The van der Waals surface area contributed by atoms with Gasteiger partial charge in [-0.25, -0.2) is 18.1 Å². The van der Waals surface area contributed by atoms with Crippen molar-refractivity contribution >= 4 is 42.6 Å². The highest BCUT2D eigenvalue weighted by molar-refractivity contribution is 7.89. The number of aromatic nitrogens is 1. The minimum Gasteiger partial charge on any atom is -0.493 e. The van der Waals surface area contributed by atoms with Crippen LogP contribution < -0.4 is 19.5 Å². The van der Waals surface area contributed by atoms with Crippen LogP contribution in [0.5, 0.6) is 11.5 Å². The van der Waals surface area contributed by atoms with Crippen molar-refractivity contribution in [3.05, 3.63) is 41.0 Å². The van der Waals surface area contributed by atoms with E-state index in [0.717, 1.165) is 4.70 Å². The van der Waals surface area contributed by atoms with Crippen LogP contribution in [0.3, 0.4) is 0 Å². The molecule has 1 aromatic heterocycles. The molecule has 3 aromatic rings. The molecule has 154 valence electrons. The van der Waals surface area contributed by atoms with Crippen LogP contribution in [-0.4, -0.2) is 40.6 Å². The predicted octanol–water partition coefficient (Wildman–Crippen LogP) is 3.09. The van der Waals surface area contributed by atoms with E-state index in [4.69, 9.17) is 9.47 Å². The molecule has 0 saturated carbocycles. The first-order valence-electron chi connectivity index (χ1n) is 8.59. The number of carbonyl (C=O) groups excluding carboxylic acids is 1. The summed E-state index contributed by atoms with van der Waals surface area (Å²) in [6.07, 6.45) is 0. The van der Waals surface area contributed by atoms with Gasteiger partial charge in [0.05, 0.1) is 29.3 Å². The predicted molar refractivity (Wildman–Crippen MR) is 113 cm³/mol. The number of hydrogen-bond acceptors (Lipinski definition) is 7. The number of aryl methyl sites for hydroxylation is 1. The highest BCUT2D eigenvalue weighted by Gasteiger charge is 2.20. The lowest BCUT2D eigenvalue weighted by Crippen LogP contribution is -2.21. The summed E-state index contributed by atoms with van der Waals surface area (Å²) in [7, 11) is 0.729. The summed E-state index contributed by atoms with van der Waals surface area (Å²) in [4.78, 5) is 17.2. The number of sulfonamides is 1. The second-order valence-corrected chi connectivity index (χ2v) is 9.16. The summed E-state index contributed by atoms with van der Waals surface area (Å²) < 4.78 is 38.2. The van der Waals surface area contributed by atoms with Crippen molar-refractivity contribution in [3.63, 3.8) is 0 Å². The fraction of sp³-hybridized carbons (Fsp3) is 0.263. The average molecular weight is 436 g/mol. The van der Waals surface area contributed by atoms with E-state index in [1.165, 1.54) is 31.6 Å². The van der Waals surface area contributed by atoms with E-state index < -0.39 is 15.9 Å². The molecule has 2 aromatic carbocycles. The Balaban J connectivity index is 1.96. The van der Waals surface area contributed by atoms with Crippen molar-refractivity contribution in [2.45, 2.75) is 18.7 Å². The van der Waals surface area contributed by atoms with Crippen molar-refractivity contribution in [2.75, 3.05) is 26.6 Å². The number of benzene rings is 2. The van der Waals surface area contributed by atoms with Crippen LogP contribution in [0.15, 0.2) is 29.2 Å². The normalized spacial score (nSPS) is 11.5. The maximum Gasteiger partial charge on any atom is 0.257 e. The maximum absolute atomic E-state index is 12.8. The van der Waals surface area contributed by atoms with Gasteiger partial charge in [0.1, 0.15) is 0 Å². The molecule has 0 bridgehead atoms. The molecule has 0 atom stereocenters. The molecule has 8 nitrogen and oxygen atoms in total. The van der Waals surface area contributed by atoms with Crippen LogP contribution in [0.4, 0.5) is 5.13 Å². The Morgan fingerprint density at radius 1 is 1.07 bits per heavy atom. The van der Waals surface area contributed by atoms with Crippen molar-refractivity contribution < 1.29 is 22.7 Å². The average Bonchev–Trinajstić information content (AvgIpc) is 3.09. The molecular weight excluding hydrogens is 414 g/mol. The van der Waals surface area contributed by atoms with Gasteiger partial charge in [0.25, 0.3) is 5.91 Å². The smallest absolute Gasteiger partial charge is 0.257 e. The quantitative estimate of drug-likeness (QED) is 0.616. The molecule has 1 heterocycles. The Morgan fingerprint density at radius 3 is 2.34 bits per heavy atom. The van der Waals surface area contributed by atoms with Gasteiger partial charge in [-0.3, -0.25) is 10.1 Å². The largest absolute Gasteiger partial charge is 0.493 e. The third-order valence-corrected chi connectivity index (χ3v) is 7.03. The van der Waals surface area contributed by atoms with Gasteiger partial charge < -0.3 is 9.47 Å². The zero-order valence-electron chi connectivity index (χ0n) is 16.6. The second kappa shape index (κ2) is 7.97. The van der Waals surface area contributed by atoms with E-state index in [1.807, 2.05) is 0 Å². The summed E-state index contributed by atoms with van der Waals surface area (Å²) in [6, 6.07) is 6.53. The minimum atomic E-state index is -3.69. The van der Waals surface area contributed by atoms with Crippen LogP contribution in [0.2, 0.25) is 0 Å². The first-order chi connectivity index (χ1) is 13.7. The second-order valence-electron chi connectivity index (χ2n) is 6.27. The number of carbonyl (C=O) groups is 1. The van der Waals surface area contributed by atoms with Crippen molar-refractivity contribution in [1.29, 1.82) is 0 Å². The van der Waals surface area contributed by atoms with Crippen LogP contribution in [0, 0.1) is 13.8 Å². The van der Waals surface area contributed by atoms with Gasteiger partial charge in [-0.1, -0.05) is 11.3 Å². The van der Waals surface area contributed by atoms with Crippen molar-refractivity contribution in [2.24, 2.45) is 0 Å². The monoisotopic (exact) mass is 435 g/mol. The Bertz CT molecular complexity index is 1160. The molecule has 0 spiro atoms. The summed E-state index contributed by atoms with van der Waals surface area (Å²) in [6.45, 7) is 3.46. The number of hydrogen-bond donors (Lipinski definition) is 2. The maximum atomic E-state index is 12.8. The van der Waals surface area contributed by atoms with Gasteiger partial charge >= 0.3 is 0 Å². The van der Waals surface area contributed by atoms with Crippen LogP contribution >= 0.6 is 11.3 Å². The number of nitrogens with one attached hydrogen (secondary N) is 2. The topological polar surface area (TPSA) is 107 Å². The minimum absolute atomic E-state index is 0.0731. The number of anilines is 1. The molecule has 0 saturated heterocycles. The Morgan fingerprint density at radius 2 is 1.72 bits per heavy atom. The Kier molecular flexibility index (Phi) is 5.78. The zero-order chi connectivity index (χ0) is 21.3. The van der Waals surface area contributed by atoms with Crippen molar-refractivity contribution in [1.82, 2.24) is 9.71 Å². The Labute approximate surface area is 172 Å². The van der Waals surface area contributed by atoms with Crippen LogP contribution in [0.25, 0.3) is 10.2 Å². The number of rotatable bonds is 6. The molecule has 0 unspecified atom stereocenters. The van der Waals surface area contributed by atoms with E-state index in [2.05, 4.69) is 15.0 Å². The third kappa shape index (κ3) is 4.04. The Hall–Kier alpha value is -2.69. The molecule has 3 rings (SSSR count). The van der Waals surface area contributed by atoms with Gasteiger partial charge in [-0.2, -0.15) is 0 Å². The lowest BCUT2D eigenvalue weighted by Gasteiger charge is -2.12. The van der Waals surface area contributed by atoms with Gasteiger partial charge in [-0.05, 0) is 44.2 Å². The lowest BCUT2D eigenvalue weighted by molar-refractivity contribution is 0.102. The molecule has 0 aliphatic carbocycles. The highest BCUT2D eigenvalue weighted by atomic mass is 32.2. The van der Waals surface area contributed by atoms with E-state index in [9.17, 15) is 13.2 Å². The van der Waals surface area contributed by atoms with Gasteiger partial charge in [0.15, 0.2) is 16.6 Å². The highest BCUT2D eigenvalue weighted by Crippen LogP contribution is 2.36. The van der Waals surface area contributed by atoms with E-state index in [0.29, 0.717) is 33.3 Å². The van der Waals surface area contributed by atoms with Crippen LogP contribution in [0.1, 0.15) is 21.5 Å². The first kappa shape index (κ1) is 21.0. The molecule has 2 N–H and O–H groups in total. The summed E-state index contributed by atoms with van der Waals surface area (Å²) >= 11 is 1.28. The first-order valence-corrected chi connectivity index (χ1v) is 10.9. The molecule has 0 fully saturated rings. The summed E-state index contributed by atoms with van der Waals surface area (Å²) in [5.41, 5.74) is 2.18. The van der Waals surface area contributed by atoms with Crippen LogP contribution in [-0.2, 0) is 10.0 Å². The molecule has 0 radical (unpaired) electrons. The van der Waals surface area contributed by atoms with Crippen molar-refractivity contribution in [3.8, 4) is 11.5 Å². The number of amides is 1. The molecule has 0 aliphatic heterocycles. The number of thiazole rings is 1. The van der Waals surface area contributed by atoms with Gasteiger partial charge in [-0.15, -0.1) is 0 Å². The number of nitrogens with zero attached hydrogens (tertiary/aromatic N) is 1. The van der Waals surface area contributed by atoms with E-state index in [-0.39, 0.29) is 10.5 Å². The fourth-order valence-electron chi connectivity index (χ4n) is 2.83. The summed E-state index contributed by atoms with van der Waals surface area (Å²) in [5.74, 6) is 0.662. The SMILES string of the molecule is CNS(=O)(=O)c1cc(C(=O)Nc2nc3cc(OC)c(OC)cc3s2)cc(C)c1C. The summed E-state index contributed by atoms with van der Waals surface area (Å²) in [5, 5.41) is 3.12. The number of methoxy groups -OCH3 is 2. The lowest BCUT2D eigenvalue weighted by atomic mass is 10.1.